The Morgan fingerprint density at radius 3 is 2.39 bits per heavy atom. The van der Waals surface area contributed by atoms with Gasteiger partial charge in [-0.3, -0.25) is 9.59 Å². The summed E-state index contributed by atoms with van der Waals surface area (Å²) < 4.78 is 54.0. The van der Waals surface area contributed by atoms with E-state index in [-0.39, 0.29) is 12.0 Å². The molecule has 0 N–H and O–H groups in total. The van der Waals surface area contributed by atoms with Crippen LogP contribution in [-0.2, 0) is 0 Å². The van der Waals surface area contributed by atoms with Gasteiger partial charge in [-0.15, -0.1) is 0 Å². The molecule has 1 aliphatic carbocycles. The number of carbonyl (C=O) groups is 2. The number of Topliss-reactive ketones (excluding diaryl/α,β-unsaturated/α-hetero) is 2. The van der Waals surface area contributed by atoms with Crippen molar-refractivity contribution < 1.29 is 19.2 Å². The molecule has 0 aliphatic heterocycles. The van der Waals surface area contributed by atoms with Crippen molar-refractivity contribution in [3.05, 3.63) is 58.1 Å². The van der Waals surface area contributed by atoms with Crippen molar-refractivity contribution in [3.63, 3.8) is 0 Å². The third-order valence-electron chi connectivity index (χ3n) is 2.66. The summed E-state index contributed by atoms with van der Waals surface area (Å²) in [6.07, 6.45) is 1.51. The first-order valence-corrected chi connectivity index (χ1v) is 5.46. The summed E-state index contributed by atoms with van der Waals surface area (Å²) in [5.74, 6) is -1.89. The number of fused-ring (bicyclic) bond motifs is 1. The largest absolute Gasteiger partial charge is 0.289 e. The molecule has 0 fully saturated rings. The van der Waals surface area contributed by atoms with Gasteiger partial charge in [-0.05, 0) is 27.1 Å². The van der Waals surface area contributed by atoms with Gasteiger partial charge >= 0.3 is 0 Å². The average Bonchev–Trinajstić information content (AvgIpc) is 2.49. The van der Waals surface area contributed by atoms with E-state index in [2.05, 4.69) is 0 Å². The predicted octanol–water partition coefficient (Wildman–Crippen LogP) is 3.74. The van der Waals surface area contributed by atoms with Crippen molar-refractivity contribution in [3.8, 4) is 0 Å². The molecular weight excluding hydrogens is 224 g/mol. The smallest absolute Gasteiger partial charge is 0.190 e. The molecule has 0 spiro atoms. The summed E-state index contributed by atoms with van der Waals surface area (Å²) in [6, 6.07) is -2.64. The predicted molar refractivity (Wildman–Crippen MR) is 71.9 cm³/mol. The molecule has 1 aromatic rings. The second-order valence-electron chi connectivity index (χ2n) is 4.25. The van der Waals surface area contributed by atoms with Gasteiger partial charge in [0.15, 0.2) is 11.6 Å². The first-order chi connectivity index (χ1) is 11.4. The van der Waals surface area contributed by atoms with Crippen LogP contribution in [0.2, 0.25) is 0 Å². The van der Waals surface area contributed by atoms with Crippen LogP contribution in [0.25, 0.3) is 0 Å². The maximum absolute atomic E-state index is 12.8. The van der Waals surface area contributed by atoms with E-state index in [1.165, 1.54) is 0 Å². The highest BCUT2D eigenvalue weighted by Gasteiger charge is 2.28. The molecule has 0 amide bonds. The minimum Gasteiger partial charge on any atom is -0.289 e. The topological polar surface area (TPSA) is 34.1 Å². The fourth-order valence-corrected chi connectivity index (χ4v) is 1.68. The SMILES string of the molecule is [2H]c1c([2H])c([2H])c2c(c1[2H])C(=O)C(CC=C(C)C)=C(C([2H])([2H])[2H])C2=O. The molecule has 0 heterocycles. The molecule has 0 unspecified atom stereocenters. The Balaban J connectivity index is 2.89. The second kappa shape index (κ2) is 4.73. The van der Waals surface area contributed by atoms with Crippen LogP contribution >= 0.6 is 0 Å². The fourth-order valence-electron chi connectivity index (χ4n) is 1.68. The minimum absolute atomic E-state index is 0.0944. The van der Waals surface area contributed by atoms with Crippen LogP contribution in [0.4, 0.5) is 0 Å². The Hall–Kier alpha value is -1.96. The summed E-state index contributed by atoms with van der Waals surface area (Å²) in [7, 11) is 0. The van der Waals surface area contributed by atoms with Crippen molar-refractivity contribution in [1.82, 2.24) is 0 Å². The highest BCUT2D eigenvalue weighted by Crippen LogP contribution is 2.28. The Morgan fingerprint density at radius 1 is 1.22 bits per heavy atom. The number of carbonyl (C=O) groups excluding carboxylic acids is 2. The van der Waals surface area contributed by atoms with Gasteiger partial charge in [0.25, 0.3) is 0 Å². The third kappa shape index (κ3) is 2.06. The molecule has 2 nitrogen and oxygen atoms in total. The molecule has 1 aliphatic rings. The molecule has 2 heteroatoms. The molecular formula is C16H16O2. The van der Waals surface area contributed by atoms with E-state index in [1.54, 1.807) is 19.9 Å². The second-order valence-corrected chi connectivity index (χ2v) is 4.25. The fraction of sp³-hybridized carbons (Fsp3) is 0.250. The lowest BCUT2D eigenvalue weighted by Gasteiger charge is -2.18. The van der Waals surface area contributed by atoms with Gasteiger partial charge in [-0.2, -0.15) is 0 Å². The third-order valence-corrected chi connectivity index (χ3v) is 2.66. The normalized spacial score (nSPS) is 20.9. The molecule has 2 rings (SSSR count). The zero-order valence-electron chi connectivity index (χ0n) is 17.1. The molecule has 0 saturated heterocycles. The highest BCUT2D eigenvalue weighted by atomic mass is 16.1. The van der Waals surface area contributed by atoms with Crippen molar-refractivity contribution in [2.24, 2.45) is 0 Å². The van der Waals surface area contributed by atoms with E-state index in [1.807, 2.05) is 0 Å². The molecule has 0 radical (unpaired) electrons. The van der Waals surface area contributed by atoms with Crippen molar-refractivity contribution in [2.45, 2.75) is 27.1 Å². The number of hydrogen-bond acceptors (Lipinski definition) is 2. The lowest BCUT2D eigenvalue weighted by molar-refractivity contribution is 0.0973. The highest BCUT2D eigenvalue weighted by molar-refractivity contribution is 6.26. The van der Waals surface area contributed by atoms with Crippen molar-refractivity contribution in [2.75, 3.05) is 0 Å². The molecule has 0 aromatic heterocycles. The lowest BCUT2D eigenvalue weighted by Crippen LogP contribution is -2.20. The van der Waals surface area contributed by atoms with Crippen LogP contribution in [-0.4, -0.2) is 11.6 Å². The van der Waals surface area contributed by atoms with Crippen LogP contribution in [0, 0.1) is 0 Å². The Morgan fingerprint density at radius 2 is 1.83 bits per heavy atom. The Bertz CT molecular complexity index is 856. The van der Waals surface area contributed by atoms with E-state index in [9.17, 15) is 9.59 Å². The van der Waals surface area contributed by atoms with Crippen LogP contribution < -0.4 is 0 Å². The van der Waals surface area contributed by atoms with Gasteiger partial charge in [-0.1, -0.05) is 35.8 Å². The first-order valence-electron chi connectivity index (χ1n) is 8.96. The van der Waals surface area contributed by atoms with Crippen LogP contribution in [0.15, 0.2) is 47.0 Å². The lowest BCUT2D eigenvalue weighted by atomic mass is 9.83. The summed E-state index contributed by atoms with van der Waals surface area (Å²) >= 11 is 0. The molecule has 0 atom stereocenters. The number of allylic oxidation sites excluding steroid dienone is 4. The standard InChI is InChI=1S/C16H16O2/c1-10(2)8-9-12-11(3)15(17)13-6-4-5-7-14(13)16(12)18/h4-8H,9H2,1-3H3/i3D3,4D,5D,6D,7D. The summed E-state index contributed by atoms with van der Waals surface area (Å²) in [5.41, 5.74) is -1.13. The molecule has 0 bridgehead atoms. The number of hydrogen-bond donors (Lipinski definition) is 0. The van der Waals surface area contributed by atoms with E-state index in [0.717, 1.165) is 5.57 Å². The monoisotopic (exact) mass is 247 g/mol. The molecule has 1 aromatic carbocycles. The summed E-state index contributed by atoms with van der Waals surface area (Å²) in [4.78, 5) is 25.6. The zero-order chi connectivity index (χ0) is 19.3. The van der Waals surface area contributed by atoms with Gasteiger partial charge in [0, 0.05) is 26.4 Å². The summed E-state index contributed by atoms with van der Waals surface area (Å²) in [6.45, 7) is 0.640. The minimum atomic E-state index is -2.87. The quantitative estimate of drug-likeness (QED) is 0.746. The number of ketones is 2. The van der Waals surface area contributed by atoms with E-state index < -0.39 is 59.3 Å². The van der Waals surface area contributed by atoms with Crippen LogP contribution in [0.5, 0.6) is 0 Å². The molecule has 0 saturated carbocycles. The van der Waals surface area contributed by atoms with Crippen molar-refractivity contribution in [1.29, 1.82) is 0 Å². The molecule has 92 valence electrons. The van der Waals surface area contributed by atoms with E-state index >= 15 is 0 Å². The Labute approximate surface area is 117 Å². The zero-order valence-corrected chi connectivity index (χ0v) is 10.1. The first kappa shape index (κ1) is 6.28. The van der Waals surface area contributed by atoms with Crippen LogP contribution in [0.1, 0.15) is 57.4 Å². The number of rotatable bonds is 2. The number of benzene rings is 1. The van der Waals surface area contributed by atoms with Crippen molar-refractivity contribution >= 4 is 11.6 Å². The summed E-state index contributed by atoms with van der Waals surface area (Å²) in [5, 5.41) is 0. The van der Waals surface area contributed by atoms with E-state index in [4.69, 9.17) is 9.60 Å². The van der Waals surface area contributed by atoms with Gasteiger partial charge in [-0.25, -0.2) is 0 Å². The average molecular weight is 247 g/mol. The Kier molecular flexibility index (Phi) is 1.65. The maximum atomic E-state index is 12.8. The van der Waals surface area contributed by atoms with Gasteiger partial charge in [0.2, 0.25) is 0 Å². The van der Waals surface area contributed by atoms with Gasteiger partial charge in [0.1, 0.15) is 0 Å². The van der Waals surface area contributed by atoms with Crippen LogP contribution in [0.3, 0.4) is 0 Å². The van der Waals surface area contributed by atoms with Gasteiger partial charge < -0.3 is 0 Å². The molecule has 18 heavy (non-hydrogen) atoms. The van der Waals surface area contributed by atoms with Gasteiger partial charge in [0.05, 0.1) is 5.48 Å². The van der Waals surface area contributed by atoms with E-state index in [0.29, 0.717) is 0 Å². The maximum Gasteiger partial charge on any atom is 0.190 e.